The lowest BCUT2D eigenvalue weighted by Gasteiger charge is -2.11. The maximum absolute atomic E-state index is 12.3. The fourth-order valence-corrected chi connectivity index (χ4v) is 3.31. The van der Waals surface area contributed by atoms with E-state index in [1.54, 1.807) is 25.2 Å². The average Bonchev–Trinajstić information content (AvgIpc) is 2.98. The molecule has 2 aromatic rings. The molecule has 3 N–H and O–H groups in total. The maximum Gasteiger partial charge on any atom is 0.240 e. The molecule has 0 amide bonds. The standard InChI is InChI=1S/C13H19N5O2S/c1-14-9-11-5-2-3-6-12(11)21(19,20)17-8-4-7-13-15-10-16-18-13/h2-3,5-6,10,14,17H,4,7-9H2,1H3,(H,15,16,18). The first-order valence-electron chi connectivity index (χ1n) is 6.70. The Bertz CT molecular complexity index is 655. The van der Waals surface area contributed by atoms with Crippen LogP contribution in [-0.2, 0) is 23.0 Å². The van der Waals surface area contributed by atoms with E-state index in [2.05, 4.69) is 25.2 Å². The van der Waals surface area contributed by atoms with E-state index in [4.69, 9.17) is 0 Å². The zero-order valence-corrected chi connectivity index (χ0v) is 12.7. The smallest absolute Gasteiger partial charge is 0.240 e. The van der Waals surface area contributed by atoms with Gasteiger partial charge in [0.1, 0.15) is 12.2 Å². The van der Waals surface area contributed by atoms with Gasteiger partial charge in [0.05, 0.1) is 4.90 Å². The third-order valence-electron chi connectivity index (χ3n) is 2.98. The van der Waals surface area contributed by atoms with Gasteiger partial charge in [-0.2, -0.15) is 5.10 Å². The molecule has 0 atom stereocenters. The van der Waals surface area contributed by atoms with Gasteiger partial charge in [-0.15, -0.1) is 0 Å². The molecule has 0 aliphatic carbocycles. The van der Waals surface area contributed by atoms with E-state index in [1.807, 2.05) is 6.07 Å². The average molecular weight is 309 g/mol. The van der Waals surface area contributed by atoms with Gasteiger partial charge in [0.25, 0.3) is 0 Å². The van der Waals surface area contributed by atoms with Crippen LogP contribution in [0.15, 0.2) is 35.5 Å². The minimum Gasteiger partial charge on any atom is -0.316 e. The van der Waals surface area contributed by atoms with Crippen molar-refractivity contribution >= 4 is 10.0 Å². The molecular weight excluding hydrogens is 290 g/mol. The minimum atomic E-state index is -3.49. The van der Waals surface area contributed by atoms with E-state index in [0.717, 1.165) is 11.4 Å². The summed E-state index contributed by atoms with van der Waals surface area (Å²) in [5.74, 6) is 0.754. The van der Waals surface area contributed by atoms with Crippen LogP contribution in [0.25, 0.3) is 0 Å². The summed E-state index contributed by atoms with van der Waals surface area (Å²) in [6.07, 6.45) is 2.75. The van der Waals surface area contributed by atoms with Gasteiger partial charge in [-0.1, -0.05) is 18.2 Å². The summed E-state index contributed by atoms with van der Waals surface area (Å²) >= 11 is 0. The van der Waals surface area contributed by atoms with Crippen LogP contribution >= 0.6 is 0 Å². The lowest BCUT2D eigenvalue weighted by molar-refractivity contribution is 0.576. The largest absolute Gasteiger partial charge is 0.316 e. The van der Waals surface area contributed by atoms with E-state index in [9.17, 15) is 8.42 Å². The lowest BCUT2D eigenvalue weighted by atomic mass is 10.2. The minimum absolute atomic E-state index is 0.319. The van der Waals surface area contributed by atoms with Crippen LogP contribution in [0.1, 0.15) is 17.8 Å². The van der Waals surface area contributed by atoms with Gasteiger partial charge < -0.3 is 5.32 Å². The van der Waals surface area contributed by atoms with Gasteiger partial charge in [-0.05, 0) is 25.1 Å². The predicted octanol–water partition coefficient (Wildman–Crippen LogP) is 0.435. The molecule has 7 nitrogen and oxygen atoms in total. The first-order chi connectivity index (χ1) is 10.1. The van der Waals surface area contributed by atoms with Crippen LogP contribution in [0.5, 0.6) is 0 Å². The second-order valence-electron chi connectivity index (χ2n) is 4.57. The number of H-pyrrole nitrogens is 1. The first kappa shape index (κ1) is 15.6. The van der Waals surface area contributed by atoms with Gasteiger partial charge in [-0.3, -0.25) is 5.10 Å². The van der Waals surface area contributed by atoms with Crippen molar-refractivity contribution in [1.82, 2.24) is 25.2 Å². The highest BCUT2D eigenvalue weighted by Gasteiger charge is 2.16. The molecule has 0 fully saturated rings. The molecule has 0 aliphatic rings. The molecule has 0 unspecified atom stereocenters. The maximum atomic E-state index is 12.3. The number of aromatic amines is 1. The highest BCUT2D eigenvalue weighted by Crippen LogP contribution is 2.15. The molecule has 0 radical (unpaired) electrons. The fraction of sp³-hybridized carbons (Fsp3) is 0.385. The molecule has 21 heavy (non-hydrogen) atoms. The summed E-state index contributed by atoms with van der Waals surface area (Å²) in [6, 6.07) is 6.98. The normalized spacial score (nSPS) is 11.7. The van der Waals surface area contributed by atoms with E-state index in [0.29, 0.717) is 30.8 Å². The van der Waals surface area contributed by atoms with Crippen molar-refractivity contribution < 1.29 is 8.42 Å². The number of benzene rings is 1. The fourth-order valence-electron chi connectivity index (χ4n) is 1.99. The van der Waals surface area contributed by atoms with E-state index in [-0.39, 0.29) is 0 Å². The topological polar surface area (TPSA) is 99.8 Å². The summed E-state index contributed by atoms with van der Waals surface area (Å²) < 4.78 is 27.2. The van der Waals surface area contributed by atoms with Crippen LogP contribution in [-0.4, -0.2) is 37.2 Å². The second-order valence-corrected chi connectivity index (χ2v) is 6.31. The summed E-state index contributed by atoms with van der Waals surface area (Å²) in [5, 5.41) is 9.46. The van der Waals surface area contributed by atoms with Gasteiger partial charge in [-0.25, -0.2) is 18.1 Å². The second kappa shape index (κ2) is 7.30. The highest BCUT2D eigenvalue weighted by molar-refractivity contribution is 7.89. The molecule has 8 heteroatoms. The van der Waals surface area contributed by atoms with Crippen LogP contribution in [0.3, 0.4) is 0 Å². The molecule has 114 valence electrons. The number of aryl methyl sites for hydroxylation is 1. The van der Waals surface area contributed by atoms with Crippen molar-refractivity contribution in [2.24, 2.45) is 0 Å². The van der Waals surface area contributed by atoms with Crippen LogP contribution in [0.2, 0.25) is 0 Å². The molecule has 1 heterocycles. The zero-order valence-electron chi connectivity index (χ0n) is 11.8. The number of hydrogen-bond acceptors (Lipinski definition) is 5. The monoisotopic (exact) mass is 309 g/mol. The summed E-state index contributed by atoms with van der Waals surface area (Å²) in [6.45, 7) is 0.867. The van der Waals surface area contributed by atoms with E-state index in [1.165, 1.54) is 6.33 Å². The van der Waals surface area contributed by atoms with Gasteiger partial charge >= 0.3 is 0 Å². The number of sulfonamides is 1. The van der Waals surface area contributed by atoms with Gasteiger partial charge in [0, 0.05) is 19.5 Å². The third-order valence-corrected chi connectivity index (χ3v) is 4.54. The van der Waals surface area contributed by atoms with Gasteiger partial charge in [0.15, 0.2) is 0 Å². The van der Waals surface area contributed by atoms with Crippen molar-refractivity contribution in [3.8, 4) is 0 Å². The summed E-state index contributed by atoms with van der Waals surface area (Å²) in [5.41, 5.74) is 0.753. The molecule has 2 rings (SSSR count). The first-order valence-corrected chi connectivity index (χ1v) is 8.18. The Morgan fingerprint density at radius 2 is 2.10 bits per heavy atom. The van der Waals surface area contributed by atoms with E-state index >= 15 is 0 Å². The Morgan fingerprint density at radius 3 is 2.81 bits per heavy atom. The Kier molecular flexibility index (Phi) is 5.43. The predicted molar refractivity (Wildman–Crippen MR) is 79.1 cm³/mol. The number of hydrogen-bond donors (Lipinski definition) is 3. The Hall–Kier alpha value is -1.77. The van der Waals surface area contributed by atoms with Crippen molar-refractivity contribution in [3.05, 3.63) is 42.0 Å². The number of rotatable bonds is 8. The molecule has 0 spiro atoms. The van der Waals surface area contributed by atoms with Crippen LogP contribution < -0.4 is 10.0 Å². The number of aromatic nitrogens is 3. The van der Waals surface area contributed by atoms with Crippen molar-refractivity contribution in [3.63, 3.8) is 0 Å². The Labute approximate surface area is 124 Å². The number of nitrogens with one attached hydrogen (secondary N) is 3. The quantitative estimate of drug-likeness (QED) is 0.614. The van der Waals surface area contributed by atoms with E-state index < -0.39 is 10.0 Å². The Balaban J connectivity index is 1.95. The molecule has 0 saturated heterocycles. The van der Waals surface area contributed by atoms with Crippen LogP contribution in [0, 0.1) is 0 Å². The molecule has 1 aromatic heterocycles. The molecule has 0 saturated carbocycles. The number of nitrogens with zero attached hydrogens (tertiary/aromatic N) is 2. The lowest BCUT2D eigenvalue weighted by Crippen LogP contribution is -2.26. The Morgan fingerprint density at radius 1 is 1.29 bits per heavy atom. The summed E-state index contributed by atoms with van der Waals surface area (Å²) in [7, 11) is -1.70. The van der Waals surface area contributed by atoms with Crippen molar-refractivity contribution in [2.75, 3.05) is 13.6 Å². The molecule has 0 bridgehead atoms. The van der Waals surface area contributed by atoms with Crippen molar-refractivity contribution in [2.45, 2.75) is 24.3 Å². The molecule has 0 aliphatic heterocycles. The highest BCUT2D eigenvalue weighted by atomic mass is 32.2. The zero-order chi connectivity index (χ0) is 15.1. The third kappa shape index (κ3) is 4.35. The van der Waals surface area contributed by atoms with Crippen molar-refractivity contribution in [1.29, 1.82) is 0 Å². The molecular formula is C13H19N5O2S. The molecule has 1 aromatic carbocycles. The van der Waals surface area contributed by atoms with Crippen LogP contribution in [0.4, 0.5) is 0 Å². The summed E-state index contributed by atoms with van der Waals surface area (Å²) in [4.78, 5) is 4.31. The van der Waals surface area contributed by atoms with Gasteiger partial charge in [0.2, 0.25) is 10.0 Å². The SMILES string of the molecule is CNCc1ccccc1S(=O)(=O)NCCCc1ncn[nH]1.